The fourth-order valence-electron chi connectivity index (χ4n) is 2.28. The lowest BCUT2D eigenvalue weighted by Gasteiger charge is -2.34. The van der Waals surface area contributed by atoms with E-state index in [1.807, 2.05) is 0 Å². The first kappa shape index (κ1) is 15.7. The molecule has 0 radical (unpaired) electrons. The Kier molecular flexibility index (Phi) is 4.69. The van der Waals surface area contributed by atoms with Gasteiger partial charge in [-0.1, -0.05) is 0 Å². The van der Waals surface area contributed by atoms with Crippen molar-refractivity contribution in [3.05, 3.63) is 28.2 Å². The van der Waals surface area contributed by atoms with Crippen molar-refractivity contribution in [2.45, 2.75) is 23.9 Å². The summed E-state index contributed by atoms with van der Waals surface area (Å²) in [5, 5.41) is 0. The van der Waals surface area contributed by atoms with Crippen molar-refractivity contribution >= 4 is 34.5 Å². The number of carbonyl (C=O) groups excluding carboxylic acids is 1. The standard InChI is InChI=1S/C13H13BrF3NOS/c14-11-4-3-9(20)6-10(11)12(19)18-5-1-2-8(7-18)13(15,16)17/h3-4,6,8,20H,1-2,5,7H2. The summed E-state index contributed by atoms with van der Waals surface area (Å²) in [6.45, 7) is 0.0836. The van der Waals surface area contributed by atoms with Crippen molar-refractivity contribution in [1.29, 1.82) is 0 Å². The number of halogens is 4. The van der Waals surface area contributed by atoms with Crippen molar-refractivity contribution in [2.24, 2.45) is 5.92 Å². The lowest BCUT2D eigenvalue weighted by Crippen LogP contribution is -2.44. The molecule has 0 saturated carbocycles. The first-order chi connectivity index (χ1) is 9.29. The topological polar surface area (TPSA) is 20.3 Å². The van der Waals surface area contributed by atoms with Gasteiger partial charge in [0.1, 0.15) is 0 Å². The van der Waals surface area contributed by atoms with Gasteiger partial charge < -0.3 is 4.90 Å². The van der Waals surface area contributed by atoms with E-state index in [-0.39, 0.29) is 18.9 Å². The van der Waals surface area contributed by atoms with Crippen LogP contribution in [0, 0.1) is 5.92 Å². The number of alkyl halides is 3. The van der Waals surface area contributed by atoms with E-state index in [1.54, 1.807) is 18.2 Å². The largest absolute Gasteiger partial charge is 0.393 e. The van der Waals surface area contributed by atoms with Gasteiger partial charge >= 0.3 is 6.18 Å². The number of hydrogen-bond donors (Lipinski definition) is 1. The van der Waals surface area contributed by atoms with E-state index in [9.17, 15) is 18.0 Å². The second-order valence-corrected chi connectivity index (χ2v) is 6.17. The second-order valence-electron chi connectivity index (χ2n) is 4.80. The molecule has 0 aliphatic carbocycles. The Labute approximate surface area is 128 Å². The molecule has 1 atom stereocenters. The Morgan fingerprint density at radius 3 is 2.75 bits per heavy atom. The first-order valence-corrected chi connectivity index (χ1v) is 7.37. The molecule has 1 amide bonds. The van der Waals surface area contributed by atoms with Crippen molar-refractivity contribution in [1.82, 2.24) is 4.90 Å². The number of piperidine rings is 1. The summed E-state index contributed by atoms with van der Waals surface area (Å²) in [6, 6.07) is 4.94. The predicted octanol–water partition coefficient (Wildman–Crippen LogP) is 4.15. The first-order valence-electron chi connectivity index (χ1n) is 6.13. The molecule has 20 heavy (non-hydrogen) atoms. The molecule has 0 bridgehead atoms. The van der Waals surface area contributed by atoms with E-state index in [0.29, 0.717) is 27.9 Å². The summed E-state index contributed by atoms with van der Waals surface area (Å²) in [5.74, 6) is -1.82. The highest BCUT2D eigenvalue weighted by molar-refractivity contribution is 9.10. The zero-order valence-electron chi connectivity index (χ0n) is 10.5. The zero-order chi connectivity index (χ0) is 14.9. The normalized spacial score (nSPS) is 20.1. The van der Waals surface area contributed by atoms with E-state index in [1.165, 1.54) is 4.90 Å². The molecular formula is C13H13BrF3NOS. The van der Waals surface area contributed by atoms with Crippen LogP contribution in [0.2, 0.25) is 0 Å². The third-order valence-electron chi connectivity index (χ3n) is 3.35. The summed E-state index contributed by atoms with van der Waals surface area (Å²) in [7, 11) is 0. The molecule has 1 aromatic rings. The summed E-state index contributed by atoms with van der Waals surface area (Å²) < 4.78 is 38.9. The summed E-state index contributed by atoms with van der Waals surface area (Å²) in [4.78, 5) is 14.2. The van der Waals surface area contributed by atoms with Crippen LogP contribution in [0.3, 0.4) is 0 Å². The molecule has 1 aliphatic rings. The zero-order valence-corrected chi connectivity index (χ0v) is 12.9. The minimum absolute atomic E-state index is 0.0844. The number of thiol groups is 1. The van der Waals surface area contributed by atoms with Crippen LogP contribution in [0.1, 0.15) is 23.2 Å². The maximum absolute atomic E-state index is 12.8. The molecule has 1 aromatic carbocycles. The van der Waals surface area contributed by atoms with Crippen LogP contribution in [-0.4, -0.2) is 30.1 Å². The van der Waals surface area contributed by atoms with Crippen LogP contribution in [0.4, 0.5) is 13.2 Å². The van der Waals surface area contributed by atoms with E-state index < -0.39 is 12.1 Å². The molecule has 1 unspecified atom stereocenters. The van der Waals surface area contributed by atoms with Gasteiger partial charge in [0, 0.05) is 22.5 Å². The molecule has 1 heterocycles. The molecule has 7 heteroatoms. The van der Waals surface area contributed by atoms with Gasteiger partial charge in [0.25, 0.3) is 5.91 Å². The van der Waals surface area contributed by atoms with Crippen LogP contribution in [0.5, 0.6) is 0 Å². The molecule has 0 aromatic heterocycles. The Morgan fingerprint density at radius 1 is 1.40 bits per heavy atom. The minimum Gasteiger partial charge on any atom is -0.338 e. The monoisotopic (exact) mass is 367 g/mol. The van der Waals surface area contributed by atoms with Gasteiger partial charge in [-0.15, -0.1) is 12.6 Å². The average Bonchev–Trinajstić information content (AvgIpc) is 2.40. The molecule has 2 rings (SSSR count). The fourth-order valence-corrected chi connectivity index (χ4v) is 2.90. The fraction of sp³-hybridized carbons (Fsp3) is 0.462. The third-order valence-corrected chi connectivity index (χ3v) is 4.32. The van der Waals surface area contributed by atoms with Crippen LogP contribution in [0.25, 0.3) is 0 Å². The lowest BCUT2D eigenvalue weighted by atomic mass is 9.97. The summed E-state index contributed by atoms with van der Waals surface area (Å²) >= 11 is 7.40. The quantitative estimate of drug-likeness (QED) is 0.739. The smallest absolute Gasteiger partial charge is 0.338 e. The maximum Gasteiger partial charge on any atom is 0.393 e. The molecular weight excluding hydrogens is 355 g/mol. The molecule has 110 valence electrons. The molecule has 1 saturated heterocycles. The van der Waals surface area contributed by atoms with Gasteiger partial charge in [-0.3, -0.25) is 4.79 Å². The Morgan fingerprint density at radius 2 is 2.10 bits per heavy atom. The number of amides is 1. The van der Waals surface area contributed by atoms with Crippen LogP contribution in [0.15, 0.2) is 27.6 Å². The number of rotatable bonds is 1. The van der Waals surface area contributed by atoms with Gasteiger partial charge in [-0.05, 0) is 47.0 Å². The van der Waals surface area contributed by atoms with Crippen molar-refractivity contribution < 1.29 is 18.0 Å². The average molecular weight is 368 g/mol. The van der Waals surface area contributed by atoms with E-state index >= 15 is 0 Å². The number of hydrogen-bond acceptors (Lipinski definition) is 2. The second kappa shape index (κ2) is 5.97. The van der Waals surface area contributed by atoms with Crippen LogP contribution < -0.4 is 0 Å². The van der Waals surface area contributed by atoms with Crippen LogP contribution in [-0.2, 0) is 0 Å². The number of nitrogens with zero attached hydrogens (tertiary/aromatic N) is 1. The lowest BCUT2D eigenvalue weighted by molar-refractivity contribution is -0.184. The molecule has 0 N–H and O–H groups in total. The summed E-state index contributed by atoms with van der Waals surface area (Å²) in [6.07, 6.45) is -3.79. The highest BCUT2D eigenvalue weighted by Gasteiger charge is 2.42. The van der Waals surface area contributed by atoms with Gasteiger partial charge in [0.15, 0.2) is 0 Å². The molecule has 0 spiro atoms. The van der Waals surface area contributed by atoms with Crippen molar-refractivity contribution in [2.75, 3.05) is 13.1 Å². The molecule has 1 fully saturated rings. The van der Waals surface area contributed by atoms with Gasteiger partial charge in [0.2, 0.25) is 0 Å². The number of benzene rings is 1. The maximum atomic E-state index is 12.8. The van der Waals surface area contributed by atoms with Gasteiger partial charge in [0.05, 0.1) is 11.5 Å². The highest BCUT2D eigenvalue weighted by atomic mass is 79.9. The Bertz CT molecular complexity index is 521. The third kappa shape index (κ3) is 3.49. The highest BCUT2D eigenvalue weighted by Crippen LogP contribution is 2.34. The number of likely N-dealkylation sites (tertiary alicyclic amines) is 1. The van der Waals surface area contributed by atoms with E-state index in [0.717, 1.165) is 0 Å². The van der Waals surface area contributed by atoms with E-state index in [4.69, 9.17) is 0 Å². The molecule has 1 aliphatic heterocycles. The van der Waals surface area contributed by atoms with Crippen LogP contribution >= 0.6 is 28.6 Å². The predicted molar refractivity (Wildman–Crippen MR) is 76.1 cm³/mol. The Balaban J connectivity index is 2.18. The minimum atomic E-state index is -4.25. The van der Waals surface area contributed by atoms with Gasteiger partial charge in [-0.2, -0.15) is 13.2 Å². The number of carbonyl (C=O) groups is 1. The van der Waals surface area contributed by atoms with E-state index in [2.05, 4.69) is 28.6 Å². The molecule has 2 nitrogen and oxygen atoms in total. The Hall–Kier alpha value is -0.690. The summed E-state index contributed by atoms with van der Waals surface area (Å²) in [5.41, 5.74) is 0.348. The van der Waals surface area contributed by atoms with Gasteiger partial charge in [-0.25, -0.2) is 0 Å². The SMILES string of the molecule is O=C(c1cc(S)ccc1Br)N1CCCC(C(F)(F)F)C1. The van der Waals surface area contributed by atoms with Crippen molar-refractivity contribution in [3.63, 3.8) is 0 Å². The van der Waals surface area contributed by atoms with Crippen molar-refractivity contribution in [3.8, 4) is 0 Å².